The standard InChI is InChI=1S/C21H15F6N5O3S/c1-2-36(33,34)19-17(15-8-29-16(9-28-15)35-11-20(23,24)21(25,26)27)18-30-7-13(10-32(18)31-19)12-3-5-14(22)6-4-12/h3-10H,2,11H2,1H3. The van der Waals surface area contributed by atoms with Gasteiger partial charge in [0.2, 0.25) is 5.88 Å². The van der Waals surface area contributed by atoms with Crippen molar-refractivity contribution < 1.29 is 39.5 Å². The predicted octanol–water partition coefficient (Wildman–Crippen LogP) is 4.36. The van der Waals surface area contributed by atoms with Crippen LogP contribution in [0.1, 0.15) is 6.92 Å². The average molecular weight is 531 g/mol. The van der Waals surface area contributed by atoms with Crippen molar-refractivity contribution in [3.8, 4) is 28.3 Å². The second kappa shape index (κ2) is 9.04. The number of nitrogens with zero attached hydrogens (tertiary/aromatic N) is 5. The molecule has 190 valence electrons. The Balaban J connectivity index is 1.74. The molecule has 0 aliphatic heterocycles. The highest BCUT2D eigenvalue weighted by Gasteiger charge is 2.58. The molecule has 0 atom stereocenters. The van der Waals surface area contributed by atoms with E-state index in [9.17, 15) is 34.8 Å². The van der Waals surface area contributed by atoms with Gasteiger partial charge in [-0.25, -0.2) is 32.3 Å². The summed E-state index contributed by atoms with van der Waals surface area (Å²) in [5, 5.41) is 3.73. The number of hydrogen-bond acceptors (Lipinski definition) is 7. The lowest BCUT2D eigenvalue weighted by atomic mass is 10.1. The highest BCUT2D eigenvalue weighted by Crippen LogP contribution is 2.36. The van der Waals surface area contributed by atoms with Gasteiger partial charge in [-0.3, -0.25) is 0 Å². The molecule has 15 heteroatoms. The van der Waals surface area contributed by atoms with Gasteiger partial charge in [-0.15, -0.1) is 0 Å². The first kappa shape index (κ1) is 25.3. The van der Waals surface area contributed by atoms with Gasteiger partial charge < -0.3 is 4.74 Å². The fraction of sp³-hybridized carbons (Fsp3) is 0.238. The first-order chi connectivity index (χ1) is 16.8. The van der Waals surface area contributed by atoms with Crippen molar-refractivity contribution in [2.45, 2.75) is 24.0 Å². The van der Waals surface area contributed by atoms with Gasteiger partial charge in [-0.1, -0.05) is 19.1 Å². The summed E-state index contributed by atoms with van der Waals surface area (Å²) in [7, 11) is -3.92. The van der Waals surface area contributed by atoms with Gasteiger partial charge in [0.25, 0.3) is 0 Å². The zero-order valence-electron chi connectivity index (χ0n) is 18.2. The molecule has 0 N–H and O–H groups in total. The van der Waals surface area contributed by atoms with E-state index in [0.717, 1.165) is 12.4 Å². The molecule has 0 amide bonds. The van der Waals surface area contributed by atoms with Gasteiger partial charge in [-0.2, -0.15) is 27.1 Å². The van der Waals surface area contributed by atoms with E-state index in [1.807, 2.05) is 0 Å². The van der Waals surface area contributed by atoms with Gasteiger partial charge in [-0.05, 0) is 17.7 Å². The molecule has 4 aromatic rings. The topological polar surface area (TPSA) is 99.3 Å². The number of alkyl halides is 5. The summed E-state index contributed by atoms with van der Waals surface area (Å²) in [5.74, 6) is -6.51. The van der Waals surface area contributed by atoms with E-state index in [0.29, 0.717) is 11.1 Å². The lowest BCUT2D eigenvalue weighted by molar-refractivity contribution is -0.290. The number of aromatic nitrogens is 5. The Bertz CT molecular complexity index is 1500. The maximum Gasteiger partial charge on any atom is 0.456 e. The van der Waals surface area contributed by atoms with Crippen LogP contribution in [0.25, 0.3) is 28.0 Å². The molecule has 36 heavy (non-hydrogen) atoms. The second-order valence-corrected chi connectivity index (χ2v) is 9.63. The first-order valence-corrected chi connectivity index (χ1v) is 11.7. The Hall–Kier alpha value is -3.75. The lowest BCUT2D eigenvalue weighted by Crippen LogP contribution is -2.41. The third kappa shape index (κ3) is 4.82. The number of fused-ring (bicyclic) bond motifs is 1. The van der Waals surface area contributed by atoms with Crippen molar-refractivity contribution in [1.29, 1.82) is 0 Å². The van der Waals surface area contributed by atoms with Crippen LogP contribution < -0.4 is 4.74 Å². The molecule has 0 radical (unpaired) electrons. The summed E-state index contributed by atoms with van der Waals surface area (Å²) >= 11 is 0. The molecule has 4 rings (SSSR count). The smallest absolute Gasteiger partial charge is 0.456 e. The minimum atomic E-state index is -5.81. The summed E-state index contributed by atoms with van der Waals surface area (Å²) < 4.78 is 107. The quantitative estimate of drug-likeness (QED) is 0.327. The van der Waals surface area contributed by atoms with Gasteiger partial charge in [0, 0.05) is 18.0 Å². The molecule has 3 heterocycles. The normalized spacial score (nSPS) is 12.8. The van der Waals surface area contributed by atoms with E-state index in [-0.39, 0.29) is 27.7 Å². The Morgan fingerprint density at radius 3 is 2.22 bits per heavy atom. The van der Waals surface area contributed by atoms with Crippen LogP contribution in [0, 0.1) is 5.82 Å². The molecule has 0 spiro atoms. The molecule has 8 nitrogen and oxygen atoms in total. The molecule has 0 bridgehead atoms. The predicted molar refractivity (Wildman–Crippen MR) is 114 cm³/mol. The average Bonchev–Trinajstić information content (AvgIpc) is 3.22. The molecule has 0 saturated heterocycles. The molecule has 3 aromatic heterocycles. The minimum absolute atomic E-state index is 0.0535. The van der Waals surface area contributed by atoms with Crippen LogP contribution in [-0.2, 0) is 9.84 Å². The molecular weight excluding hydrogens is 516 g/mol. The van der Waals surface area contributed by atoms with Gasteiger partial charge in [0.05, 0.1) is 29.4 Å². The maximum absolute atomic E-state index is 13.2. The van der Waals surface area contributed by atoms with E-state index in [2.05, 4.69) is 24.8 Å². The van der Waals surface area contributed by atoms with E-state index in [1.165, 1.54) is 48.1 Å². The molecule has 1 aromatic carbocycles. The highest BCUT2D eigenvalue weighted by atomic mass is 32.2. The van der Waals surface area contributed by atoms with Gasteiger partial charge >= 0.3 is 12.1 Å². The summed E-state index contributed by atoms with van der Waals surface area (Å²) in [6.07, 6.45) is -1.21. The van der Waals surface area contributed by atoms with E-state index < -0.39 is 40.2 Å². The molecule has 0 unspecified atom stereocenters. The monoisotopic (exact) mass is 531 g/mol. The molecule has 0 fully saturated rings. The molecule has 0 aliphatic carbocycles. The fourth-order valence-corrected chi connectivity index (χ4v) is 4.04. The zero-order chi connectivity index (χ0) is 26.3. The maximum atomic E-state index is 13.2. The third-order valence-corrected chi connectivity index (χ3v) is 6.63. The number of sulfone groups is 1. The van der Waals surface area contributed by atoms with Crippen molar-refractivity contribution in [3.63, 3.8) is 0 Å². The minimum Gasteiger partial charge on any atom is -0.470 e. The number of hydrogen-bond donors (Lipinski definition) is 0. The third-order valence-electron chi connectivity index (χ3n) is 4.99. The molecular formula is C21H15F6N5O3S. The van der Waals surface area contributed by atoms with Gasteiger partial charge in [0.1, 0.15) is 5.82 Å². The number of halogens is 6. The van der Waals surface area contributed by atoms with Crippen LogP contribution in [0.15, 0.2) is 54.1 Å². The van der Waals surface area contributed by atoms with Crippen molar-refractivity contribution in [1.82, 2.24) is 24.6 Å². The van der Waals surface area contributed by atoms with E-state index in [1.54, 1.807) is 0 Å². The van der Waals surface area contributed by atoms with Crippen LogP contribution >= 0.6 is 0 Å². The van der Waals surface area contributed by atoms with Crippen LogP contribution in [0.4, 0.5) is 26.3 Å². The fourth-order valence-electron chi connectivity index (χ4n) is 3.05. The SMILES string of the molecule is CCS(=O)(=O)c1nn2cc(-c3ccc(F)cc3)cnc2c1-c1cnc(OCC(F)(F)C(F)(F)F)cn1. The van der Waals surface area contributed by atoms with Crippen LogP contribution in [0.2, 0.25) is 0 Å². The number of rotatable bonds is 7. The van der Waals surface area contributed by atoms with Crippen LogP contribution in [-0.4, -0.2) is 57.4 Å². The molecule has 0 saturated carbocycles. The Labute approximate surface area is 199 Å². The lowest BCUT2D eigenvalue weighted by Gasteiger charge is -2.19. The summed E-state index contributed by atoms with van der Waals surface area (Å²) in [4.78, 5) is 11.9. The van der Waals surface area contributed by atoms with Crippen molar-refractivity contribution in [3.05, 3.63) is 54.9 Å². The Morgan fingerprint density at radius 2 is 1.64 bits per heavy atom. The van der Waals surface area contributed by atoms with Crippen molar-refractivity contribution >= 4 is 15.5 Å². The molecule has 0 aliphatic rings. The summed E-state index contributed by atoms with van der Waals surface area (Å²) in [6, 6.07) is 5.48. The second-order valence-electron chi connectivity index (χ2n) is 7.43. The van der Waals surface area contributed by atoms with Crippen molar-refractivity contribution in [2.24, 2.45) is 0 Å². The Morgan fingerprint density at radius 1 is 0.944 bits per heavy atom. The zero-order valence-corrected chi connectivity index (χ0v) is 19.0. The van der Waals surface area contributed by atoms with Crippen LogP contribution in [0.5, 0.6) is 5.88 Å². The first-order valence-electron chi connectivity index (χ1n) is 10.1. The van der Waals surface area contributed by atoms with Crippen molar-refractivity contribution in [2.75, 3.05) is 12.4 Å². The summed E-state index contributed by atoms with van der Waals surface area (Å²) in [5.41, 5.74) is 0.993. The largest absolute Gasteiger partial charge is 0.470 e. The van der Waals surface area contributed by atoms with E-state index >= 15 is 0 Å². The Kier molecular flexibility index (Phi) is 6.36. The summed E-state index contributed by atoms with van der Waals surface area (Å²) in [6.45, 7) is -0.617. The highest BCUT2D eigenvalue weighted by molar-refractivity contribution is 7.91. The van der Waals surface area contributed by atoms with Crippen LogP contribution in [0.3, 0.4) is 0 Å². The van der Waals surface area contributed by atoms with Gasteiger partial charge in [0.15, 0.2) is 27.1 Å². The number of benzene rings is 1. The van der Waals surface area contributed by atoms with E-state index in [4.69, 9.17) is 0 Å². The number of ether oxygens (including phenoxy) is 1.